The van der Waals surface area contributed by atoms with Gasteiger partial charge in [-0.2, -0.15) is 0 Å². The van der Waals surface area contributed by atoms with E-state index in [4.69, 9.17) is 4.42 Å². The molecule has 0 aliphatic rings. The van der Waals surface area contributed by atoms with Crippen LogP contribution in [-0.2, 0) is 0 Å². The van der Waals surface area contributed by atoms with Gasteiger partial charge < -0.3 is 4.42 Å². The number of carbonyl (C=O) groups is 1. The quantitative estimate of drug-likeness (QED) is 0.581. The molecule has 0 aliphatic heterocycles. The normalized spacial score (nSPS) is 10.8. The lowest BCUT2D eigenvalue weighted by molar-refractivity contribution is 0.104. The van der Waals surface area contributed by atoms with Gasteiger partial charge in [-0.25, -0.2) is 0 Å². The molecule has 2 heterocycles. The Morgan fingerprint density at radius 1 is 1.38 bits per heavy atom. The maximum absolute atomic E-state index is 11.7. The van der Waals surface area contributed by atoms with Crippen molar-refractivity contribution in [3.63, 3.8) is 0 Å². The largest absolute Gasteiger partial charge is 0.462 e. The summed E-state index contributed by atoms with van der Waals surface area (Å²) < 4.78 is 5.32. The van der Waals surface area contributed by atoms with Crippen molar-refractivity contribution < 1.29 is 9.21 Å². The Hall–Kier alpha value is -2.16. The Morgan fingerprint density at radius 2 is 2.25 bits per heavy atom. The van der Waals surface area contributed by atoms with Gasteiger partial charge in [0.25, 0.3) is 0 Å². The van der Waals surface area contributed by atoms with E-state index < -0.39 is 0 Å². The van der Waals surface area contributed by atoms with Crippen LogP contribution in [0.15, 0.2) is 47.2 Å². The van der Waals surface area contributed by atoms with Gasteiger partial charge in [-0.3, -0.25) is 9.78 Å². The van der Waals surface area contributed by atoms with Gasteiger partial charge in [-0.1, -0.05) is 0 Å². The van der Waals surface area contributed by atoms with Gasteiger partial charge in [0, 0.05) is 18.0 Å². The highest BCUT2D eigenvalue weighted by Crippen LogP contribution is 2.09. The number of rotatable bonds is 3. The van der Waals surface area contributed by atoms with Gasteiger partial charge in [-0.05, 0) is 43.3 Å². The smallest absolute Gasteiger partial charge is 0.187 e. The lowest BCUT2D eigenvalue weighted by Crippen LogP contribution is -1.93. The van der Waals surface area contributed by atoms with Gasteiger partial charge >= 0.3 is 0 Å². The van der Waals surface area contributed by atoms with E-state index >= 15 is 0 Å². The van der Waals surface area contributed by atoms with Crippen molar-refractivity contribution in [2.45, 2.75) is 6.92 Å². The molecular formula is C13H11NO2. The molecule has 0 bridgehead atoms. The SMILES string of the molecule is Cc1ccc(/C=C\C(=O)c2cccnc2)o1. The number of furan rings is 1. The van der Waals surface area contributed by atoms with Crippen LogP contribution in [-0.4, -0.2) is 10.8 Å². The molecule has 0 fully saturated rings. The molecule has 0 atom stereocenters. The van der Waals surface area contributed by atoms with E-state index in [1.165, 1.54) is 6.08 Å². The zero-order valence-electron chi connectivity index (χ0n) is 8.88. The third kappa shape index (κ3) is 2.45. The van der Waals surface area contributed by atoms with Crippen LogP contribution in [0.2, 0.25) is 0 Å². The average molecular weight is 213 g/mol. The summed E-state index contributed by atoms with van der Waals surface area (Å²) in [5, 5.41) is 0. The van der Waals surface area contributed by atoms with Crippen molar-refractivity contribution in [2.75, 3.05) is 0 Å². The number of pyridine rings is 1. The third-order valence-corrected chi connectivity index (χ3v) is 2.11. The molecule has 0 aromatic carbocycles. The van der Waals surface area contributed by atoms with Crippen LogP contribution in [0.1, 0.15) is 21.9 Å². The zero-order chi connectivity index (χ0) is 11.4. The van der Waals surface area contributed by atoms with Crippen LogP contribution in [0.3, 0.4) is 0 Å². The van der Waals surface area contributed by atoms with Crippen molar-refractivity contribution in [2.24, 2.45) is 0 Å². The number of aryl methyl sites for hydroxylation is 1. The van der Waals surface area contributed by atoms with E-state index in [-0.39, 0.29) is 5.78 Å². The van der Waals surface area contributed by atoms with Crippen molar-refractivity contribution in [3.05, 3.63) is 59.8 Å². The highest BCUT2D eigenvalue weighted by Gasteiger charge is 2.00. The van der Waals surface area contributed by atoms with Crippen molar-refractivity contribution in [1.29, 1.82) is 0 Å². The predicted octanol–water partition coefficient (Wildman–Crippen LogP) is 2.88. The fraction of sp³-hybridized carbons (Fsp3) is 0.0769. The summed E-state index contributed by atoms with van der Waals surface area (Å²) >= 11 is 0. The average Bonchev–Trinajstić information content (AvgIpc) is 2.73. The molecule has 0 saturated carbocycles. The molecule has 3 nitrogen and oxygen atoms in total. The Labute approximate surface area is 93.4 Å². The van der Waals surface area contributed by atoms with Crippen LogP contribution in [0.5, 0.6) is 0 Å². The van der Waals surface area contributed by atoms with Crippen molar-refractivity contribution in [1.82, 2.24) is 4.98 Å². The van der Waals surface area contributed by atoms with E-state index in [1.54, 1.807) is 30.6 Å². The van der Waals surface area contributed by atoms with Crippen molar-refractivity contribution in [3.8, 4) is 0 Å². The fourth-order valence-corrected chi connectivity index (χ4v) is 1.31. The molecule has 0 amide bonds. The minimum Gasteiger partial charge on any atom is -0.462 e. The van der Waals surface area contributed by atoms with Crippen molar-refractivity contribution >= 4 is 11.9 Å². The van der Waals surface area contributed by atoms with Crippen LogP contribution in [0.4, 0.5) is 0 Å². The standard InChI is InChI=1S/C13H11NO2/c1-10-4-5-12(16-10)6-7-13(15)11-3-2-8-14-9-11/h2-9H,1H3/b7-6-. The summed E-state index contributed by atoms with van der Waals surface area (Å²) in [6, 6.07) is 7.14. The molecule has 16 heavy (non-hydrogen) atoms. The topological polar surface area (TPSA) is 43.1 Å². The molecule has 0 unspecified atom stereocenters. The first-order valence-electron chi connectivity index (χ1n) is 4.94. The molecular weight excluding hydrogens is 202 g/mol. The molecule has 0 spiro atoms. The number of hydrogen-bond acceptors (Lipinski definition) is 3. The molecule has 0 N–H and O–H groups in total. The first-order valence-corrected chi connectivity index (χ1v) is 4.94. The molecule has 3 heteroatoms. The number of allylic oxidation sites excluding steroid dienone is 1. The molecule has 2 aromatic rings. The molecule has 80 valence electrons. The first-order chi connectivity index (χ1) is 7.75. The number of nitrogens with zero attached hydrogens (tertiary/aromatic N) is 1. The summed E-state index contributed by atoms with van der Waals surface area (Å²) in [5.74, 6) is 1.42. The Morgan fingerprint density at radius 3 is 2.88 bits per heavy atom. The number of hydrogen-bond donors (Lipinski definition) is 0. The van der Waals surface area contributed by atoms with Gasteiger partial charge in [0.2, 0.25) is 0 Å². The Kier molecular flexibility index (Phi) is 2.96. The number of aromatic nitrogens is 1. The van der Waals surface area contributed by atoms with Crippen LogP contribution < -0.4 is 0 Å². The minimum absolute atomic E-state index is 0.0813. The molecule has 2 rings (SSSR count). The van der Waals surface area contributed by atoms with E-state index in [0.29, 0.717) is 11.3 Å². The van der Waals surface area contributed by atoms with Crippen LogP contribution in [0, 0.1) is 6.92 Å². The lowest BCUT2D eigenvalue weighted by Gasteiger charge is -1.92. The monoisotopic (exact) mass is 213 g/mol. The molecule has 2 aromatic heterocycles. The highest BCUT2D eigenvalue weighted by molar-refractivity contribution is 6.06. The predicted molar refractivity (Wildman–Crippen MR) is 61.0 cm³/mol. The summed E-state index contributed by atoms with van der Waals surface area (Å²) in [6.45, 7) is 1.86. The summed E-state index contributed by atoms with van der Waals surface area (Å²) in [5.41, 5.74) is 0.571. The highest BCUT2D eigenvalue weighted by atomic mass is 16.3. The molecule has 0 saturated heterocycles. The Bertz CT molecular complexity index is 512. The van der Waals surface area contributed by atoms with Gasteiger partial charge in [0.15, 0.2) is 5.78 Å². The summed E-state index contributed by atoms with van der Waals surface area (Å²) in [7, 11) is 0. The lowest BCUT2D eigenvalue weighted by atomic mass is 10.2. The van der Waals surface area contributed by atoms with E-state index in [9.17, 15) is 4.79 Å². The minimum atomic E-state index is -0.0813. The fourth-order valence-electron chi connectivity index (χ4n) is 1.31. The Balaban J connectivity index is 2.11. The van der Waals surface area contributed by atoms with E-state index in [2.05, 4.69) is 4.98 Å². The second-order valence-corrected chi connectivity index (χ2v) is 3.39. The second-order valence-electron chi connectivity index (χ2n) is 3.39. The van der Waals surface area contributed by atoms with Crippen LogP contribution in [0.25, 0.3) is 6.08 Å². The first kappa shape index (κ1) is 10.4. The van der Waals surface area contributed by atoms with E-state index in [0.717, 1.165) is 5.76 Å². The van der Waals surface area contributed by atoms with Gasteiger partial charge in [0.05, 0.1) is 0 Å². The zero-order valence-corrected chi connectivity index (χ0v) is 8.88. The maximum Gasteiger partial charge on any atom is 0.187 e. The molecule has 0 aliphatic carbocycles. The third-order valence-electron chi connectivity index (χ3n) is 2.11. The second kappa shape index (κ2) is 4.57. The van der Waals surface area contributed by atoms with E-state index in [1.807, 2.05) is 19.1 Å². The summed E-state index contributed by atoms with van der Waals surface area (Å²) in [4.78, 5) is 15.5. The number of ketones is 1. The van der Waals surface area contributed by atoms with Gasteiger partial charge in [0.1, 0.15) is 11.5 Å². The molecule has 0 radical (unpaired) electrons. The number of carbonyl (C=O) groups excluding carboxylic acids is 1. The van der Waals surface area contributed by atoms with Crippen LogP contribution >= 0.6 is 0 Å². The van der Waals surface area contributed by atoms with Gasteiger partial charge in [-0.15, -0.1) is 0 Å². The maximum atomic E-state index is 11.7. The summed E-state index contributed by atoms with van der Waals surface area (Å²) in [6.07, 6.45) is 6.31.